The van der Waals surface area contributed by atoms with Crippen LogP contribution in [0.2, 0.25) is 0 Å². The first-order chi connectivity index (χ1) is 3.80. The van der Waals surface area contributed by atoms with Crippen LogP contribution in [0, 0.1) is 0 Å². The van der Waals surface area contributed by atoms with Crippen molar-refractivity contribution in [3.63, 3.8) is 0 Å². The Labute approximate surface area is 64.5 Å². The molecule has 0 aromatic carbocycles. The molecule has 0 spiro atoms. The molecular formula is C4H4LiNO3. The van der Waals surface area contributed by atoms with E-state index in [1.54, 1.807) is 0 Å². The van der Waals surface area contributed by atoms with Gasteiger partial charge in [0.15, 0.2) is 12.1 Å². The summed E-state index contributed by atoms with van der Waals surface area (Å²) in [7, 11) is 0. The molecule has 4 nitrogen and oxygen atoms in total. The van der Waals surface area contributed by atoms with E-state index >= 15 is 0 Å². The van der Waals surface area contributed by atoms with Crippen molar-refractivity contribution >= 4 is 5.97 Å². The molecule has 0 saturated carbocycles. The average Bonchev–Trinajstić information content (AvgIpc) is 2.12. The number of carboxylic acid groups (broad SMARTS) is 1. The Hall–Kier alpha value is -0.723. The maximum absolute atomic E-state index is 9.94. The molecule has 0 saturated heterocycles. The van der Waals surface area contributed by atoms with Crippen molar-refractivity contribution in [1.82, 2.24) is 4.98 Å². The second-order valence-corrected chi connectivity index (χ2v) is 1.18. The van der Waals surface area contributed by atoms with Crippen LogP contribution < -0.4 is 18.9 Å². The zero-order valence-electron chi connectivity index (χ0n) is 5.87. The second kappa shape index (κ2) is 3.33. The predicted molar refractivity (Wildman–Crippen MR) is 24.6 cm³/mol. The van der Waals surface area contributed by atoms with Crippen LogP contribution in [0.25, 0.3) is 0 Å². The molecule has 1 N–H and O–H groups in total. The summed E-state index contributed by atoms with van der Waals surface area (Å²) in [6.45, 7) is 0. The zero-order chi connectivity index (χ0) is 5.98. The summed E-state index contributed by atoms with van der Waals surface area (Å²) >= 11 is 0. The molecule has 5 heteroatoms. The van der Waals surface area contributed by atoms with E-state index in [2.05, 4.69) is 9.40 Å². The van der Waals surface area contributed by atoms with Gasteiger partial charge in [0.2, 0.25) is 0 Å². The van der Waals surface area contributed by atoms with Gasteiger partial charge in [-0.3, -0.25) is 0 Å². The number of hydrogen-bond acceptors (Lipinski definition) is 3. The van der Waals surface area contributed by atoms with Crippen molar-refractivity contribution < 1.29 is 34.6 Å². The summed E-state index contributed by atoms with van der Waals surface area (Å²) in [4.78, 5) is 13.3. The summed E-state index contributed by atoms with van der Waals surface area (Å²) in [6.07, 6.45) is 2.14. The zero-order valence-corrected chi connectivity index (χ0v) is 4.87. The van der Waals surface area contributed by atoms with Crippen LogP contribution in [0.15, 0.2) is 17.1 Å². The van der Waals surface area contributed by atoms with Crippen LogP contribution in [-0.4, -0.2) is 16.1 Å². The molecule has 0 fully saturated rings. The third-order valence-electron chi connectivity index (χ3n) is 0.651. The van der Waals surface area contributed by atoms with Crippen molar-refractivity contribution in [3.8, 4) is 0 Å². The maximum atomic E-state index is 9.94. The first kappa shape index (κ1) is 8.28. The molecule has 0 amide bonds. The number of carbonyl (C=O) groups is 1. The molecule has 44 valence electrons. The molecule has 0 aliphatic rings. The molecule has 0 atom stereocenters. The van der Waals surface area contributed by atoms with E-state index in [1.807, 2.05) is 0 Å². The number of rotatable bonds is 1. The molecular weight excluding hydrogens is 117 g/mol. The molecule has 1 heterocycles. The van der Waals surface area contributed by atoms with E-state index in [1.165, 1.54) is 0 Å². The monoisotopic (exact) mass is 121 g/mol. The van der Waals surface area contributed by atoms with Gasteiger partial charge in [-0.15, -0.1) is 0 Å². The van der Waals surface area contributed by atoms with E-state index in [0.29, 0.717) is 0 Å². The van der Waals surface area contributed by atoms with E-state index < -0.39 is 5.97 Å². The molecule has 9 heavy (non-hydrogen) atoms. The molecule has 0 aliphatic carbocycles. The number of aromatic carboxylic acids is 1. The molecule has 1 aromatic rings. The predicted octanol–water partition coefficient (Wildman–Crippen LogP) is -2.51. The molecule has 0 aliphatic heterocycles. The Morgan fingerprint density at radius 2 is 2.56 bits per heavy atom. The van der Waals surface area contributed by atoms with Gasteiger partial charge in [-0.25, -0.2) is 9.78 Å². The second-order valence-electron chi connectivity index (χ2n) is 1.18. The molecule has 0 radical (unpaired) electrons. The van der Waals surface area contributed by atoms with Crippen LogP contribution in [0.5, 0.6) is 0 Å². The number of carboxylic acids is 1. The molecule has 0 bridgehead atoms. The van der Waals surface area contributed by atoms with E-state index in [0.717, 1.165) is 12.7 Å². The van der Waals surface area contributed by atoms with Gasteiger partial charge in [-0.2, -0.15) is 0 Å². The normalized spacial score (nSPS) is 8.00. The average molecular weight is 121 g/mol. The van der Waals surface area contributed by atoms with Crippen molar-refractivity contribution in [2.24, 2.45) is 0 Å². The molecule has 1 rings (SSSR count). The van der Waals surface area contributed by atoms with Crippen molar-refractivity contribution in [2.75, 3.05) is 0 Å². The van der Waals surface area contributed by atoms with Gasteiger partial charge in [0, 0.05) is 0 Å². The van der Waals surface area contributed by atoms with Gasteiger partial charge in [0.1, 0.15) is 6.26 Å². The fraction of sp³-hybridized carbons (Fsp3) is 0. The number of oxazole rings is 1. The third kappa shape index (κ3) is 1.92. The number of hydrogen-bond donors (Lipinski definition) is 1. The van der Waals surface area contributed by atoms with Crippen LogP contribution in [0.1, 0.15) is 11.9 Å². The maximum Gasteiger partial charge on any atom is 1.00 e. The Morgan fingerprint density at radius 3 is 2.78 bits per heavy atom. The van der Waals surface area contributed by atoms with Crippen molar-refractivity contribution in [3.05, 3.63) is 18.4 Å². The Kier molecular flexibility index (Phi) is 3.06. The van der Waals surface area contributed by atoms with Crippen LogP contribution in [0.3, 0.4) is 0 Å². The van der Waals surface area contributed by atoms with Crippen molar-refractivity contribution in [1.29, 1.82) is 0 Å². The molecule has 1 aromatic heterocycles. The van der Waals surface area contributed by atoms with Gasteiger partial charge < -0.3 is 11.0 Å². The van der Waals surface area contributed by atoms with E-state index in [4.69, 9.17) is 5.11 Å². The minimum atomic E-state index is -1.07. The van der Waals surface area contributed by atoms with E-state index in [-0.39, 0.29) is 26.0 Å². The summed E-state index contributed by atoms with van der Waals surface area (Å²) < 4.78 is 4.38. The smallest absolute Gasteiger partial charge is 1.00 e. The number of aromatic nitrogens is 1. The summed E-state index contributed by atoms with van der Waals surface area (Å²) in [5.74, 6) is -1.07. The Morgan fingerprint density at radius 1 is 1.89 bits per heavy atom. The van der Waals surface area contributed by atoms with Gasteiger partial charge >= 0.3 is 24.8 Å². The van der Waals surface area contributed by atoms with Crippen LogP contribution in [0.4, 0.5) is 0 Å². The van der Waals surface area contributed by atoms with Gasteiger partial charge in [0.05, 0.1) is 0 Å². The summed E-state index contributed by atoms with van der Waals surface area (Å²) in [5.41, 5.74) is -0.0648. The van der Waals surface area contributed by atoms with Crippen molar-refractivity contribution in [2.45, 2.75) is 0 Å². The SMILES string of the molecule is O=C(O)c1cocn1.[H-].[Li+]. The fourth-order valence-corrected chi connectivity index (χ4v) is 0.318. The van der Waals surface area contributed by atoms with Gasteiger partial charge in [-0.1, -0.05) is 0 Å². The van der Waals surface area contributed by atoms with Crippen LogP contribution in [-0.2, 0) is 0 Å². The Balaban J connectivity index is 0. The first-order valence-electron chi connectivity index (χ1n) is 1.92. The topological polar surface area (TPSA) is 63.3 Å². The fourth-order valence-electron chi connectivity index (χ4n) is 0.318. The van der Waals surface area contributed by atoms with E-state index in [9.17, 15) is 4.79 Å². The minimum absolute atomic E-state index is 0. The largest absolute Gasteiger partial charge is 1.00 e. The summed E-state index contributed by atoms with van der Waals surface area (Å²) in [6, 6.07) is 0. The quantitative estimate of drug-likeness (QED) is 0.417. The first-order valence-corrected chi connectivity index (χ1v) is 1.92. The minimum Gasteiger partial charge on any atom is -1.00 e. The summed E-state index contributed by atoms with van der Waals surface area (Å²) in [5, 5.41) is 8.15. The van der Waals surface area contributed by atoms with Gasteiger partial charge in [0.25, 0.3) is 0 Å². The third-order valence-corrected chi connectivity index (χ3v) is 0.651. The molecule has 0 unspecified atom stereocenters. The Bertz CT molecular complexity index is 188. The number of nitrogens with zero attached hydrogens (tertiary/aromatic N) is 1. The van der Waals surface area contributed by atoms with Crippen LogP contribution >= 0.6 is 0 Å². The van der Waals surface area contributed by atoms with Gasteiger partial charge in [-0.05, 0) is 0 Å². The standard InChI is InChI=1S/C4H3NO3.Li.H/c6-4(7)3-1-8-2-5-3;;/h1-2H,(H,6,7);;/q;+1;-1.